The van der Waals surface area contributed by atoms with Crippen LogP contribution in [-0.4, -0.2) is 47.1 Å². The Bertz CT molecular complexity index is 380. The molecule has 0 spiro atoms. The summed E-state index contributed by atoms with van der Waals surface area (Å²) in [5.74, 6) is 0.179. The fraction of sp³-hybridized carbons (Fsp3) is 0.600. The van der Waals surface area contributed by atoms with Crippen LogP contribution in [0.5, 0.6) is 0 Å². The molecule has 16 heavy (non-hydrogen) atoms. The van der Waals surface area contributed by atoms with E-state index in [2.05, 4.69) is 21.1 Å². The predicted octanol–water partition coefficient (Wildman–Crippen LogP) is 1.22. The van der Waals surface area contributed by atoms with E-state index in [0.29, 0.717) is 36.5 Å². The number of alkyl halides is 1. The lowest BCUT2D eigenvalue weighted by molar-refractivity contribution is 0.00317. The largest absolute Gasteiger partial charge is 0.377 e. The monoisotopic (exact) mass is 288 g/mol. The number of aromatic nitrogens is 1. The Labute approximate surface area is 102 Å². The first-order valence-corrected chi connectivity index (χ1v) is 6.22. The highest BCUT2D eigenvalue weighted by atomic mass is 79.9. The summed E-state index contributed by atoms with van der Waals surface area (Å²) in [6.45, 7) is 3.52. The van der Waals surface area contributed by atoms with Crippen molar-refractivity contribution in [3.63, 3.8) is 0 Å². The maximum Gasteiger partial charge on any atom is 0.292 e. The summed E-state index contributed by atoms with van der Waals surface area (Å²) in [6, 6.07) is 1.72. The highest BCUT2D eigenvalue weighted by Crippen LogP contribution is 2.14. The number of aryl methyl sites for hydroxylation is 1. The second-order valence-corrected chi connectivity index (χ2v) is 4.36. The molecule has 0 radical (unpaired) electrons. The third-order valence-corrected chi connectivity index (χ3v) is 3.25. The molecule has 1 atom stereocenters. The third-order valence-electron chi connectivity index (χ3n) is 2.51. The zero-order valence-corrected chi connectivity index (χ0v) is 10.6. The molecule has 1 unspecified atom stereocenters. The van der Waals surface area contributed by atoms with E-state index in [0.717, 1.165) is 0 Å². The van der Waals surface area contributed by atoms with E-state index < -0.39 is 0 Å². The fourth-order valence-corrected chi connectivity index (χ4v) is 2.19. The molecule has 2 rings (SSSR count). The molecule has 1 aromatic rings. The van der Waals surface area contributed by atoms with E-state index in [-0.39, 0.29) is 11.9 Å². The Morgan fingerprint density at radius 1 is 1.75 bits per heavy atom. The van der Waals surface area contributed by atoms with Crippen molar-refractivity contribution in [3.8, 4) is 0 Å². The van der Waals surface area contributed by atoms with Gasteiger partial charge in [0.15, 0.2) is 0 Å². The molecule has 88 valence electrons. The lowest BCUT2D eigenvalue weighted by Crippen LogP contribution is -2.49. The van der Waals surface area contributed by atoms with Crippen LogP contribution in [0.2, 0.25) is 0 Å². The average molecular weight is 289 g/mol. The van der Waals surface area contributed by atoms with Gasteiger partial charge in [-0.15, -0.1) is 0 Å². The van der Waals surface area contributed by atoms with Gasteiger partial charge in [-0.25, -0.2) is 0 Å². The highest BCUT2D eigenvalue weighted by Gasteiger charge is 2.29. The van der Waals surface area contributed by atoms with Crippen molar-refractivity contribution < 1.29 is 14.1 Å². The Hall–Kier alpha value is -0.880. The predicted molar refractivity (Wildman–Crippen MR) is 60.7 cm³/mol. The van der Waals surface area contributed by atoms with Gasteiger partial charge in [0.25, 0.3) is 5.91 Å². The van der Waals surface area contributed by atoms with Gasteiger partial charge in [0.2, 0.25) is 5.76 Å². The Morgan fingerprint density at radius 2 is 2.56 bits per heavy atom. The molecular weight excluding hydrogens is 276 g/mol. The quantitative estimate of drug-likeness (QED) is 0.768. The van der Waals surface area contributed by atoms with Crippen molar-refractivity contribution in [2.24, 2.45) is 0 Å². The first kappa shape index (κ1) is 11.6. The molecule has 1 aromatic heterocycles. The first-order valence-electron chi connectivity index (χ1n) is 5.10. The molecule has 0 aliphatic carbocycles. The number of hydrogen-bond acceptors (Lipinski definition) is 4. The van der Waals surface area contributed by atoms with E-state index in [1.165, 1.54) is 0 Å². The molecule has 0 N–H and O–H groups in total. The van der Waals surface area contributed by atoms with Crippen LogP contribution in [0.3, 0.4) is 0 Å². The minimum absolute atomic E-state index is 0.0617. The second kappa shape index (κ2) is 4.97. The number of hydrogen-bond donors (Lipinski definition) is 0. The van der Waals surface area contributed by atoms with Crippen LogP contribution in [-0.2, 0) is 4.74 Å². The lowest BCUT2D eigenvalue weighted by Gasteiger charge is -2.33. The summed E-state index contributed by atoms with van der Waals surface area (Å²) in [5.41, 5.74) is 0.715. The number of morpholine rings is 1. The van der Waals surface area contributed by atoms with E-state index in [4.69, 9.17) is 9.26 Å². The molecule has 0 aromatic carbocycles. The smallest absolute Gasteiger partial charge is 0.292 e. The van der Waals surface area contributed by atoms with Crippen LogP contribution >= 0.6 is 15.9 Å². The van der Waals surface area contributed by atoms with Gasteiger partial charge in [-0.2, -0.15) is 0 Å². The highest BCUT2D eigenvalue weighted by molar-refractivity contribution is 9.09. The van der Waals surface area contributed by atoms with Gasteiger partial charge in [-0.05, 0) is 6.92 Å². The van der Waals surface area contributed by atoms with Gasteiger partial charge in [0.05, 0.1) is 24.9 Å². The third kappa shape index (κ3) is 2.27. The molecule has 1 saturated heterocycles. The molecule has 1 amide bonds. The minimum Gasteiger partial charge on any atom is -0.377 e. The summed E-state index contributed by atoms with van der Waals surface area (Å²) in [7, 11) is 0. The van der Waals surface area contributed by atoms with Crippen molar-refractivity contribution in [1.82, 2.24) is 10.1 Å². The van der Waals surface area contributed by atoms with Gasteiger partial charge in [-0.1, -0.05) is 21.1 Å². The topological polar surface area (TPSA) is 55.6 Å². The maximum atomic E-state index is 12.1. The van der Waals surface area contributed by atoms with Gasteiger partial charge in [-0.3, -0.25) is 4.79 Å². The van der Waals surface area contributed by atoms with Gasteiger partial charge >= 0.3 is 0 Å². The maximum absolute atomic E-state index is 12.1. The molecule has 2 heterocycles. The molecule has 5 nitrogen and oxygen atoms in total. The number of nitrogens with zero attached hydrogens (tertiary/aromatic N) is 2. The normalized spacial score (nSPS) is 21.1. The zero-order valence-electron chi connectivity index (χ0n) is 8.98. The Morgan fingerprint density at radius 3 is 3.19 bits per heavy atom. The summed E-state index contributed by atoms with van der Waals surface area (Å²) >= 11 is 3.38. The lowest BCUT2D eigenvalue weighted by atomic mass is 10.2. The molecule has 1 aliphatic rings. The molecular formula is C10H13BrN2O3. The molecule has 6 heteroatoms. The molecule has 0 bridgehead atoms. The Kier molecular flexibility index (Phi) is 3.60. The summed E-state index contributed by atoms with van der Waals surface area (Å²) in [4.78, 5) is 13.9. The fourth-order valence-electron chi connectivity index (χ4n) is 1.66. The first-order chi connectivity index (χ1) is 7.72. The number of carbonyl (C=O) groups is 1. The summed E-state index contributed by atoms with van der Waals surface area (Å²) in [6.07, 6.45) is 0. The molecule has 1 fully saturated rings. The van der Waals surface area contributed by atoms with Gasteiger partial charge < -0.3 is 14.2 Å². The second-order valence-electron chi connectivity index (χ2n) is 3.71. The van der Waals surface area contributed by atoms with Crippen molar-refractivity contribution in [1.29, 1.82) is 0 Å². The van der Waals surface area contributed by atoms with Crippen molar-refractivity contribution >= 4 is 21.8 Å². The van der Waals surface area contributed by atoms with Gasteiger partial charge in [0.1, 0.15) is 0 Å². The summed E-state index contributed by atoms with van der Waals surface area (Å²) in [5, 5.41) is 4.42. The SMILES string of the molecule is Cc1cc(C(=O)N2CCOCC2CBr)on1. The van der Waals surface area contributed by atoms with E-state index in [1.54, 1.807) is 17.9 Å². The van der Waals surface area contributed by atoms with Crippen LogP contribution in [0, 0.1) is 6.92 Å². The van der Waals surface area contributed by atoms with Crippen LogP contribution in [0.4, 0.5) is 0 Å². The van der Waals surface area contributed by atoms with Crippen molar-refractivity contribution in [2.75, 3.05) is 25.1 Å². The van der Waals surface area contributed by atoms with E-state index >= 15 is 0 Å². The standard InChI is InChI=1S/C10H13BrN2O3/c1-7-4-9(16-12-7)10(14)13-2-3-15-6-8(13)5-11/h4,8H,2-3,5-6H2,1H3. The molecule has 0 saturated carbocycles. The number of amides is 1. The van der Waals surface area contributed by atoms with Gasteiger partial charge in [0, 0.05) is 17.9 Å². The number of rotatable bonds is 2. The molecule has 1 aliphatic heterocycles. The zero-order chi connectivity index (χ0) is 11.5. The van der Waals surface area contributed by atoms with Crippen molar-refractivity contribution in [2.45, 2.75) is 13.0 Å². The van der Waals surface area contributed by atoms with Crippen LogP contribution in [0.1, 0.15) is 16.2 Å². The van der Waals surface area contributed by atoms with Crippen LogP contribution in [0.15, 0.2) is 10.6 Å². The number of halogens is 1. The van der Waals surface area contributed by atoms with Crippen LogP contribution < -0.4 is 0 Å². The van der Waals surface area contributed by atoms with E-state index in [9.17, 15) is 4.79 Å². The summed E-state index contributed by atoms with van der Waals surface area (Å²) < 4.78 is 10.3. The number of ether oxygens (including phenoxy) is 1. The Balaban J connectivity index is 2.13. The van der Waals surface area contributed by atoms with E-state index in [1.807, 2.05) is 0 Å². The minimum atomic E-state index is -0.117. The van der Waals surface area contributed by atoms with Crippen LogP contribution in [0.25, 0.3) is 0 Å². The van der Waals surface area contributed by atoms with Crippen molar-refractivity contribution in [3.05, 3.63) is 17.5 Å². The number of carbonyl (C=O) groups excluding carboxylic acids is 1. The average Bonchev–Trinajstić information content (AvgIpc) is 2.75.